The van der Waals surface area contributed by atoms with Gasteiger partial charge in [0.1, 0.15) is 0 Å². The maximum absolute atomic E-state index is 11.8. The van der Waals surface area contributed by atoms with Crippen molar-refractivity contribution in [1.29, 1.82) is 5.26 Å². The summed E-state index contributed by atoms with van der Waals surface area (Å²) in [6.07, 6.45) is 2.01. The van der Waals surface area contributed by atoms with Gasteiger partial charge in [-0.3, -0.25) is 0 Å². The highest BCUT2D eigenvalue weighted by Gasteiger charge is 2.51. The van der Waals surface area contributed by atoms with E-state index in [4.69, 9.17) is 14.7 Å². The van der Waals surface area contributed by atoms with Crippen molar-refractivity contribution in [1.82, 2.24) is 0 Å². The van der Waals surface area contributed by atoms with E-state index in [1.165, 1.54) is 0 Å². The molecule has 15 heavy (non-hydrogen) atoms. The van der Waals surface area contributed by atoms with Crippen LogP contribution in [0.15, 0.2) is 0 Å². The molecule has 0 aliphatic rings. The zero-order chi connectivity index (χ0) is 12.1. The lowest BCUT2D eigenvalue weighted by atomic mass is 9.74. The molecule has 0 spiro atoms. The third-order valence-electron chi connectivity index (χ3n) is 2.53. The Morgan fingerprint density at radius 3 is 2.13 bits per heavy atom. The predicted molar refractivity (Wildman–Crippen MR) is 55.8 cm³/mol. The van der Waals surface area contributed by atoms with E-state index >= 15 is 0 Å². The third-order valence-corrected chi connectivity index (χ3v) is 2.53. The summed E-state index contributed by atoms with van der Waals surface area (Å²) in [5.74, 6) is -0.471. The van der Waals surface area contributed by atoms with Gasteiger partial charge in [0, 0.05) is 5.41 Å². The first kappa shape index (κ1) is 13.8. The molecule has 0 saturated carbocycles. The molecule has 0 saturated heterocycles. The summed E-state index contributed by atoms with van der Waals surface area (Å²) in [4.78, 5) is 11.8. The van der Waals surface area contributed by atoms with Crippen molar-refractivity contribution in [2.45, 2.75) is 46.6 Å². The summed E-state index contributed by atoms with van der Waals surface area (Å²) in [6.45, 7) is 9.37. The van der Waals surface area contributed by atoms with Gasteiger partial charge in [-0.2, -0.15) is 5.26 Å². The van der Waals surface area contributed by atoms with E-state index in [2.05, 4.69) is 0 Å². The van der Waals surface area contributed by atoms with Gasteiger partial charge in [-0.15, -0.1) is 0 Å². The summed E-state index contributed by atoms with van der Waals surface area (Å²) in [5, 5.41) is 8.63. The zero-order valence-corrected chi connectivity index (χ0v) is 10.1. The Morgan fingerprint density at radius 1 is 1.33 bits per heavy atom. The van der Waals surface area contributed by atoms with Crippen molar-refractivity contribution < 1.29 is 14.3 Å². The topological polar surface area (TPSA) is 59.3 Å². The molecule has 0 amide bonds. The average molecular weight is 213 g/mol. The summed E-state index contributed by atoms with van der Waals surface area (Å²) in [7, 11) is 0. The van der Waals surface area contributed by atoms with Crippen LogP contribution in [0.2, 0.25) is 0 Å². The number of carbonyl (C=O) groups is 1. The van der Waals surface area contributed by atoms with E-state index in [1.54, 1.807) is 20.1 Å². The lowest BCUT2D eigenvalue weighted by molar-refractivity contribution is -0.177. The van der Waals surface area contributed by atoms with Crippen LogP contribution in [0.1, 0.15) is 41.0 Å². The average Bonchev–Trinajstić information content (AvgIpc) is 2.12. The van der Waals surface area contributed by atoms with Gasteiger partial charge in [-0.1, -0.05) is 27.7 Å². The molecule has 0 aromatic carbocycles. The van der Waals surface area contributed by atoms with E-state index in [0.717, 1.165) is 0 Å². The largest absolute Gasteiger partial charge is 0.463 e. The molecule has 0 aliphatic carbocycles. The Labute approximate surface area is 91.2 Å². The van der Waals surface area contributed by atoms with Crippen molar-refractivity contribution in [2.75, 3.05) is 6.61 Å². The fraction of sp³-hybridized carbons (Fsp3) is 0.818. The lowest BCUT2D eigenvalue weighted by Gasteiger charge is -2.38. The number of hydrogen-bond donors (Lipinski definition) is 0. The highest BCUT2D eigenvalue weighted by Crippen LogP contribution is 2.37. The van der Waals surface area contributed by atoms with Gasteiger partial charge >= 0.3 is 5.97 Å². The third kappa shape index (κ3) is 2.62. The Bertz CT molecular complexity index is 262. The van der Waals surface area contributed by atoms with Gasteiger partial charge in [0.25, 0.3) is 6.26 Å². The molecule has 0 fully saturated rings. The van der Waals surface area contributed by atoms with E-state index < -0.39 is 17.0 Å². The highest BCUT2D eigenvalue weighted by atomic mass is 16.6. The molecule has 0 aromatic rings. The molecular weight excluding hydrogens is 194 g/mol. The minimum absolute atomic E-state index is 0.283. The molecule has 1 atom stereocenters. The highest BCUT2D eigenvalue weighted by molar-refractivity contribution is 5.80. The van der Waals surface area contributed by atoms with E-state index in [9.17, 15) is 4.79 Å². The van der Waals surface area contributed by atoms with Crippen molar-refractivity contribution in [3.63, 3.8) is 0 Å². The van der Waals surface area contributed by atoms with Crippen molar-refractivity contribution >= 4 is 5.97 Å². The predicted octanol–water partition coefficient (Wildman–Crippen LogP) is 2.24. The SMILES string of the molecule is CCOC(=O)[C@@](CC)(OC#N)C(C)(C)C. The minimum Gasteiger partial charge on any atom is -0.463 e. The summed E-state index contributed by atoms with van der Waals surface area (Å²) in [6, 6.07) is 0. The fourth-order valence-corrected chi connectivity index (χ4v) is 1.57. The number of hydrogen-bond acceptors (Lipinski definition) is 4. The molecule has 0 heterocycles. The first-order chi connectivity index (χ1) is 6.85. The van der Waals surface area contributed by atoms with Crippen LogP contribution in [0.25, 0.3) is 0 Å². The number of nitrogens with zero attached hydrogens (tertiary/aromatic N) is 1. The van der Waals surface area contributed by atoms with Crippen LogP contribution in [0.5, 0.6) is 0 Å². The van der Waals surface area contributed by atoms with Crippen molar-refractivity contribution in [3.05, 3.63) is 0 Å². The quantitative estimate of drug-likeness (QED) is 0.531. The molecule has 0 aromatic heterocycles. The second-order valence-electron chi connectivity index (χ2n) is 4.34. The molecule has 0 N–H and O–H groups in total. The molecule has 0 bridgehead atoms. The van der Waals surface area contributed by atoms with Gasteiger partial charge in [0.2, 0.25) is 5.60 Å². The van der Waals surface area contributed by atoms with E-state index in [-0.39, 0.29) is 6.61 Å². The van der Waals surface area contributed by atoms with E-state index in [1.807, 2.05) is 20.8 Å². The monoisotopic (exact) mass is 213 g/mol. The number of nitriles is 1. The minimum atomic E-state index is -1.18. The van der Waals surface area contributed by atoms with Gasteiger partial charge in [0.15, 0.2) is 0 Å². The Morgan fingerprint density at radius 2 is 1.87 bits per heavy atom. The normalized spacial score (nSPS) is 14.9. The maximum Gasteiger partial charge on any atom is 0.352 e. The van der Waals surface area contributed by atoms with Crippen LogP contribution in [-0.2, 0) is 14.3 Å². The summed E-state index contributed by atoms with van der Waals surface area (Å²) >= 11 is 0. The maximum atomic E-state index is 11.8. The molecular formula is C11H19NO3. The number of esters is 1. The molecule has 0 aliphatic heterocycles. The number of carbonyl (C=O) groups excluding carboxylic acids is 1. The Kier molecular flexibility index (Phi) is 4.60. The second kappa shape index (κ2) is 5.01. The zero-order valence-electron chi connectivity index (χ0n) is 10.1. The first-order valence-corrected chi connectivity index (χ1v) is 5.10. The molecule has 0 radical (unpaired) electrons. The van der Waals surface area contributed by atoms with Crippen molar-refractivity contribution in [2.24, 2.45) is 5.41 Å². The van der Waals surface area contributed by atoms with Gasteiger partial charge in [-0.25, -0.2) is 4.79 Å². The van der Waals surface area contributed by atoms with Crippen LogP contribution in [-0.4, -0.2) is 18.2 Å². The standard InChI is InChI=1S/C11H19NO3/c1-6-11(15-8-12,10(3,4)5)9(13)14-7-2/h6-7H2,1-5H3/t11-/m1/s1. The first-order valence-electron chi connectivity index (χ1n) is 5.10. The van der Waals surface area contributed by atoms with Crippen LogP contribution >= 0.6 is 0 Å². The van der Waals surface area contributed by atoms with Crippen LogP contribution in [0.4, 0.5) is 0 Å². The van der Waals surface area contributed by atoms with Crippen LogP contribution in [0.3, 0.4) is 0 Å². The fourth-order valence-electron chi connectivity index (χ4n) is 1.57. The number of ether oxygens (including phenoxy) is 2. The van der Waals surface area contributed by atoms with Gasteiger partial charge < -0.3 is 9.47 Å². The van der Waals surface area contributed by atoms with Crippen LogP contribution < -0.4 is 0 Å². The van der Waals surface area contributed by atoms with Gasteiger partial charge in [-0.05, 0) is 13.3 Å². The van der Waals surface area contributed by atoms with Crippen molar-refractivity contribution in [3.8, 4) is 6.26 Å². The number of rotatable bonds is 4. The molecule has 86 valence electrons. The van der Waals surface area contributed by atoms with E-state index in [0.29, 0.717) is 6.42 Å². The molecule has 4 heteroatoms. The molecule has 0 rings (SSSR count). The molecule has 0 unspecified atom stereocenters. The smallest absolute Gasteiger partial charge is 0.352 e. The summed E-state index contributed by atoms with van der Waals surface area (Å²) < 4.78 is 9.95. The lowest BCUT2D eigenvalue weighted by Crippen LogP contribution is -2.52. The molecule has 4 nitrogen and oxygen atoms in total. The Balaban J connectivity index is 5.17. The van der Waals surface area contributed by atoms with Crippen LogP contribution in [0, 0.1) is 16.9 Å². The Hall–Kier alpha value is -1.24. The second-order valence-corrected chi connectivity index (χ2v) is 4.34. The summed E-state index contributed by atoms with van der Waals surface area (Å²) in [5.41, 5.74) is -1.67. The van der Waals surface area contributed by atoms with Gasteiger partial charge in [0.05, 0.1) is 6.61 Å².